The molecule has 0 aliphatic heterocycles. The summed E-state index contributed by atoms with van der Waals surface area (Å²) in [7, 11) is -9.09. The molecule has 2 N–H and O–H groups in total. The molecular formula is C42H50N2O16P2. The van der Waals surface area contributed by atoms with Crippen molar-refractivity contribution in [2.75, 3.05) is 26.4 Å². The van der Waals surface area contributed by atoms with Gasteiger partial charge in [-0.3, -0.25) is 9.05 Å². The minimum Gasteiger partial charge on any atom is -0.460 e. The molecule has 0 fully saturated rings. The standard InChI is InChI=1S/C42H50N2O16P2/c1-41(2,3)55-39(47)43-35(29-53-61(49,57-31-19-11-7-12-20-31)58-32-21-13-8-14-22-32)37(45)51-27-28-52-38(46)36(44-40(48)56-42(4,5)6)30-54-62(50,59-33-23-15-9-16-24-33)60-34-25-17-10-18-26-34/h7-26,35-36H,27-30H2,1-6H3,(H,43,47)(H,44,48). The van der Waals surface area contributed by atoms with Crippen LogP contribution >= 0.6 is 15.6 Å². The number of esters is 2. The van der Waals surface area contributed by atoms with E-state index in [9.17, 15) is 28.3 Å². The number of phosphoric acid groups is 2. The van der Waals surface area contributed by atoms with Crippen LogP contribution in [0.1, 0.15) is 41.5 Å². The molecule has 0 radical (unpaired) electrons. The molecule has 0 bridgehead atoms. The van der Waals surface area contributed by atoms with E-state index >= 15 is 0 Å². The maximum atomic E-state index is 13.9. The van der Waals surface area contributed by atoms with Crippen LogP contribution in [0, 0.1) is 0 Å². The summed E-state index contributed by atoms with van der Waals surface area (Å²) in [5.41, 5.74) is -1.95. The second-order valence-electron chi connectivity index (χ2n) is 14.8. The van der Waals surface area contributed by atoms with E-state index < -0.39 is 89.5 Å². The molecule has 0 aromatic heterocycles. The van der Waals surface area contributed by atoms with Gasteiger partial charge in [0, 0.05) is 0 Å². The summed E-state index contributed by atoms with van der Waals surface area (Å²) < 4.78 is 82.6. The largest absolute Gasteiger partial charge is 0.587 e. The third-order valence-corrected chi connectivity index (χ3v) is 9.83. The third-order valence-electron chi connectivity index (χ3n) is 7.16. The number of benzene rings is 4. The van der Waals surface area contributed by atoms with Crippen LogP contribution < -0.4 is 28.7 Å². The Bertz CT molecular complexity index is 1890. The van der Waals surface area contributed by atoms with Gasteiger partial charge in [-0.15, -0.1) is 0 Å². The van der Waals surface area contributed by atoms with E-state index in [1.54, 1.807) is 114 Å². The molecule has 4 rings (SSSR count). The van der Waals surface area contributed by atoms with Crippen LogP contribution in [0.5, 0.6) is 23.0 Å². The monoisotopic (exact) mass is 900 g/mol. The van der Waals surface area contributed by atoms with Crippen molar-refractivity contribution in [2.24, 2.45) is 0 Å². The Morgan fingerprint density at radius 3 is 0.968 bits per heavy atom. The molecule has 18 nitrogen and oxygen atoms in total. The van der Waals surface area contributed by atoms with Gasteiger partial charge < -0.3 is 47.7 Å². The zero-order chi connectivity index (χ0) is 45.2. The van der Waals surface area contributed by atoms with Crippen molar-refractivity contribution in [3.05, 3.63) is 121 Å². The topological polar surface area (TPSA) is 219 Å². The first-order chi connectivity index (χ1) is 29.3. The van der Waals surface area contributed by atoms with Crippen LogP contribution in [0.3, 0.4) is 0 Å². The van der Waals surface area contributed by atoms with E-state index in [1.807, 2.05) is 0 Å². The molecule has 0 spiro atoms. The van der Waals surface area contributed by atoms with Crippen molar-refractivity contribution in [3.8, 4) is 23.0 Å². The third kappa shape index (κ3) is 18.3. The minimum absolute atomic E-state index is 0.118. The number of nitrogens with one attached hydrogen (secondary N) is 2. The first-order valence-electron chi connectivity index (χ1n) is 19.1. The van der Waals surface area contributed by atoms with Gasteiger partial charge in [0.1, 0.15) is 47.4 Å². The lowest BCUT2D eigenvalue weighted by Gasteiger charge is -2.25. The maximum absolute atomic E-state index is 13.9. The Balaban J connectivity index is 1.45. The van der Waals surface area contributed by atoms with Crippen molar-refractivity contribution >= 4 is 39.8 Å². The van der Waals surface area contributed by atoms with E-state index in [4.69, 9.17) is 46.1 Å². The summed E-state index contributed by atoms with van der Waals surface area (Å²) in [5.74, 6) is -1.77. The van der Waals surface area contributed by atoms with Crippen LogP contribution in [-0.4, -0.2) is 73.8 Å². The van der Waals surface area contributed by atoms with Crippen molar-refractivity contribution in [1.29, 1.82) is 0 Å². The normalized spacial score (nSPS) is 12.7. The molecule has 2 unspecified atom stereocenters. The van der Waals surface area contributed by atoms with Gasteiger partial charge in [-0.05, 0) is 90.1 Å². The zero-order valence-corrected chi connectivity index (χ0v) is 36.7. The van der Waals surface area contributed by atoms with E-state index in [1.165, 1.54) is 48.5 Å². The lowest BCUT2D eigenvalue weighted by atomic mass is 10.2. The number of amides is 2. The van der Waals surface area contributed by atoms with Crippen LogP contribution in [0.4, 0.5) is 9.59 Å². The highest BCUT2D eigenvalue weighted by Crippen LogP contribution is 2.50. The average Bonchev–Trinajstić information content (AvgIpc) is 3.19. The Morgan fingerprint density at radius 2 is 0.726 bits per heavy atom. The quantitative estimate of drug-likeness (QED) is 0.0347. The SMILES string of the molecule is CC(C)(C)OC(=O)NC(COP(=O)(Oc1ccccc1)Oc1ccccc1)C(=O)OCCOC(=O)C(COP(=O)(Oc1ccccc1)Oc1ccccc1)NC(=O)OC(C)(C)C. The Labute approximate surface area is 359 Å². The van der Waals surface area contributed by atoms with Crippen LogP contribution in [0.25, 0.3) is 0 Å². The summed E-state index contributed by atoms with van der Waals surface area (Å²) in [4.78, 5) is 52.4. The molecule has 0 saturated carbocycles. The second-order valence-corrected chi connectivity index (χ2v) is 17.9. The number of para-hydroxylation sites is 4. The summed E-state index contributed by atoms with van der Waals surface area (Å²) in [5, 5.41) is 4.64. The molecular weight excluding hydrogens is 850 g/mol. The van der Waals surface area contributed by atoms with Gasteiger partial charge in [-0.25, -0.2) is 28.3 Å². The summed E-state index contributed by atoms with van der Waals surface area (Å²) in [6.07, 6.45) is -2.09. The summed E-state index contributed by atoms with van der Waals surface area (Å²) in [6, 6.07) is 28.6. The highest BCUT2D eigenvalue weighted by molar-refractivity contribution is 7.49. The lowest BCUT2D eigenvalue weighted by Crippen LogP contribution is -2.47. The van der Waals surface area contributed by atoms with Gasteiger partial charge in [0.15, 0.2) is 12.1 Å². The molecule has 334 valence electrons. The summed E-state index contributed by atoms with van der Waals surface area (Å²) in [6.45, 7) is 6.80. The zero-order valence-electron chi connectivity index (χ0n) is 35.0. The predicted octanol–water partition coefficient (Wildman–Crippen LogP) is 8.42. The molecule has 0 saturated heterocycles. The molecule has 62 heavy (non-hydrogen) atoms. The van der Waals surface area contributed by atoms with E-state index in [-0.39, 0.29) is 23.0 Å². The van der Waals surface area contributed by atoms with Crippen LogP contribution in [0.2, 0.25) is 0 Å². The minimum atomic E-state index is -4.54. The smallest absolute Gasteiger partial charge is 0.460 e. The van der Waals surface area contributed by atoms with E-state index in [0.29, 0.717) is 0 Å². The van der Waals surface area contributed by atoms with Gasteiger partial charge in [0.2, 0.25) is 0 Å². The number of ether oxygens (including phenoxy) is 4. The maximum Gasteiger partial charge on any atom is 0.587 e. The van der Waals surface area contributed by atoms with Crippen molar-refractivity contribution in [2.45, 2.75) is 64.8 Å². The van der Waals surface area contributed by atoms with Crippen LogP contribution in [-0.2, 0) is 46.7 Å². The molecule has 0 aliphatic rings. The molecule has 0 aliphatic carbocycles. The van der Waals surface area contributed by atoms with Gasteiger partial charge in [0.25, 0.3) is 0 Å². The number of phosphoric ester groups is 2. The van der Waals surface area contributed by atoms with Gasteiger partial charge in [0.05, 0.1) is 13.2 Å². The fourth-order valence-corrected chi connectivity index (χ4v) is 7.11. The van der Waals surface area contributed by atoms with Gasteiger partial charge in [-0.1, -0.05) is 72.8 Å². The van der Waals surface area contributed by atoms with Crippen molar-refractivity contribution < 1.29 is 74.4 Å². The van der Waals surface area contributed by atoms with Crippen LogP contribution in [0.15, 0.2) is 121 Å². The number of hydrogen-bond acceptors (Lipinski definition) is 16. The first-order valence-corrected chi connectivity index (χ1v) is 22.0. The Kier molecular flexibility index (Phi) is 17.8. The molecule has 4 aromatic carbocycles. The van der Waals surface area contributed by atoms with Crippen molar-refractivity contribution in [3.63, 3.8) is 0 Å². The highest BCUT2D eigenvalue weighted by atomic mass is 31.2. The highest BCUT2D eigenvalue weighted by Gasteiger charge is 2.37. The number of rotatable bonds is 21. The number of hydrogen-bond donors (Lipinski definition) is 2. The Hall–Kier alpha value is -6.06. The summed E-state index contributed by atoms with van der Waals surface area (Å²) >= 11 is 0. The number of carbonyl (C=O) groups excluding carboxylic acids is 4. The predicted molar refractivity (Wildman–Crippen MR) is 224 cm³/mol. The van der Waals surface area contributed by atoms with E-state index in [0.717, 1.165) is 0 Å². The van der Waals surface area contributed by atoms with E-state index in [2.05, 4.69) is 10.6 Å². The molecule has 4 aromatic rings. The van der Waals surface area contributed by atoms with Gasteiger partial charge in [-0.2, -0.15) is 0 Å². The molecule has 2 atom stereocenters. The molecule has 20 heteroatoms. The lowest BCUT2D eigenvalue weighted by molar-refractivity contribution is -0.155. The molecule has 0 heterocycles. The fourth-order valence-electron chi connectivity index (χ4n) is 4.64. The van der Waals surface area contributed by atoms with Crippen molar-refractivity contribution in [1.82, 2.24) is 10.6 Å². The fraction of sp³-hybridized carbons (Fsp3) is 0.333. The number of carbonyl (C=O) groups is 4. The second kappa shape index (κ2) is 22.7. The first kappa shape index (κ1) is 48.6. The Morgan fingerprint density at radius 1 is 0.468 bits per heavy atom. The average molecular weight is 901 g/mol. The number of alkyl carbamates (subject to hydrolysis) is 2. The van der Waals surface area contributed by atoms with Gasteiger partial charge >= 0.3 is 39.8 Å². The molecule has 2 amide bonds.